The summed E-state index contributed by atoms with van der Waals surface area (Å²) in [4.78, 5) is 4.22. The van der Waals surface area contributed by atoms with Crippen LogP contribution >= 0.6 is 15.9 Å². The Balaban J connectivity index is 2.44. The summed E-state index contributed by atoms with van der Waals surface area (Å²) in [6.07, 6.45) is 0. The Morgan fingerprint density at radius 2 is 2.12 bits per heavy atom. The normalized spacial score (nSPS) is 11.1. The molecule has 90 valence electrons. The summed E-state index contributed by atoms with van der Waals surface area (Å²) in [5.74, 6) is 1.48. The standard InChI is InChI=1S/C12H14BrN3O/c1-7(2)8-3-9(5-10(13)4-8)12-15-11(6-14)17-16-12/h3-5,7H,6,14H2,1-2H3. The van der Waals surface area contributed by atoms with Crippen LogP contribution in [-0.2, 0) is 6.54 Å². The average molecular weight is 296 g/mol. The van der Waals surface area contributed by atoms with Gasteiger partial charge in [-0.15, -0.1) is 0 Å². The number of nitrogens with two attached hydrogens (primary N) is 1. The van der Waals surface area contributed by atoms with E-state index >= 15 is 0 Å². The Bertz CT molecular complexity index is 522. The molecule has 2 aromatic rings. The second-order valence-electron chi connectivity index (χ2n) is 4.14. The lowest BCUT2D eigenvalue weighted by molar-refractivity contribution is 0.380. The average Bonchev–Trinajstić information content (AvgIpc) is 2.76. The Labute approximate surface area is 108 Å². The molecule has 0 aliphatic rings. The van der Waals surface area contributed by atoms with Gasteiger partial charge < -0.3 is 10.3 Å². The van der Waals surface area contributed by atoms with Crippen LogP contribution in [0.1, 0.15) is 31.2 Å². The lowest BCUT2D eigenvalue weighted by Crippen LogP contribution is -1.96. The Morgan fingerprint density at radius 1 is 1.35 bits per heavy atom. The predicted octanol–water partition coefficient (Wildman–Crippen LogP) is 3.08. The van der Waals surface area contributed by atoms with Crippen LogP contribution in [0.25, 0.3) is 11.4 Å². The first-order valence-corrected chi connectivity index (χ1v) is 6.23. The maximum atomic E-state index is 5.44. The first-order chi connectivity index (χ1) is 8.10. The van der Waals surface area contributed by atoms with Gasteiger partial charge in [0.25, 0.3) is 0 Å². The number of aromatic nitrogens is 2. The van der Waals surface area contributed by atoms with Crippen molar-refractivity contribution >= 4 is 15.9 Å². The van der Waals surface area contributed by atoms with Gasteiger partial charge in [0.2, 0.25) is 11.7 Å². The molecule has 1 heterocycles. The molecule has 0 spiro atoms. The third-order valence-electron chi connectivity index (χ3n) is 2.49. The van der Waals surface area contributed by atoms with Gasteiger partial charge in [-0.25, -0.2) is 0 Å². The van der Waals surface area contributed by atoms with Crippen molar-refractivity contribution in [2.24, 2.45) is 5.73 Å². The summed E-state index contributed by atoms with van der Waals surface area (Å²) in [6.45, 7) is 4.55. The van der Waals surface area contributed by atoms with Crippen molar-refractivity contribution in [2.45, 2.75) is 26.3 Å². The quantitative estimate of drug-likeness (QED) is 0.945. The molecule has 17 heavy (non-hydrogen) atoms. The maximum absolute atomic E-state index is 5.44. The van der Waals surface area contributed by atoms with Crippen LogP contribution in [-0.4, -0.2) is 10.1 Å². The molecule has 0 bridgehead atoms. The molecule has 4 nitrogen and oxygen atoms in total. The van der Waals surface area contributed by atoms with Gasteiger partial charge in [0.1, 0.15) is 0 Å². The van der Waals surface area contributed by atoms with Crippen LogP contribution in [0, 0.1) is 0 Å². The molecule has 0 amide bonds. The van der Waals surface area contributed by atoms with E-state index in [4.69, 9.17) is 10.3 Å². The third-order valence-corrected chi connectivity index (χ3v) is 2.95. The summed E-state index contributed by atoms with van der Waals surface area (Å²) < 4.78 is 6.02. The van der Waals surface area contributed by atoms with Gasteiger partial charge in [0.05, 0.1) is 6.54 Å². The minimum atomic E-state index is 0.262. The SMILES string of the molecule is CC(C)c1cc(Br)cc(-c2noc(CN)n2)c1. The van der Waals surface area contributed by atoms with Crippen molar-refractivity contribution in [1.29, 1.82) is 0 Å². The minimum Gasteiger partial charge on any atom is -0.338 e. The van der Waals surface area contributed by atoms with E-state index in [0.29, 0.717) is 17.6 Å². The van der Waals surface area contributed by atoms with E-state index in [9.17, 15) is 0 Å². The van der Waals surface area contributed by atoms with Crippen LogP contribution in [0.2, 0.25) is 0 Å². The van der Waals surface area contributed by atoms with E-state index in [1.165, 1.54) is 5.56 Å². The van der Waals surface area contributed by atoms with Gasteiger partial charge in [-0.2, -0.15) is 4.98 Å². The fourth-order valence-corrected chi connectivity index (χ4v) is 2.04. The zero-order valence-electron chi connectivity index (χ0n) is 9.77. The summed E-state index contributed by atoms with van der Waals surface area (Å²) in [5.41, 5.74) is 7.61. The molecular formula is C12H14BrN3O. The Kier molecular flexibility index (Phi) is 3.59. The van der Waals surface area contributed by atoms with Gasteiger partial charge in [0.15, 0.2) is 0 Å². The highest BCUT2D eigenvalue weighted by Gasteiger charge is 2.10. The fourth-order valence-electron chi connectivity index (χ4n) is 1.53. The van der Waals surface area contributed by atoms with Gasteiger partial charge in [0, 0.05) is 10.0 Å². The predicted molar refractivity (Wildman–Crippen MR) is 69.4 cm³/mol. The van der Waals surface area contributed by atoms with Crippen molar-refractivity contribution in [2.75, 3.05) is 0 Å². The number of hydrogen-bond donors (Lipinski definition) is 1. The number of rotatable bonds is 3. The van der Waals surface area contributed by atoms with Crippen LogP contribution in [0.15, 0.2) is 27.2 Å². The molecule has 0 saturated carbocycles. The number of nitrogens with zero attached hydrogens (tertiary/aromatic N) is 2. The topological polar surface area (TPSA) is 64.9 Å². The summed E-state index contributed by atoms with van der Waals surface area (Å²) in [6, 6.07) is 6.13. The Hall–Kier alpha value is -1.20. The number of halogens is 1. The van der Waals surface area contributed by atoms with Gasteiger partial charge in [-0.05, 0) is 29.7 Å². The fraction of sp³-hybridized carbons (Fsp3) is 0.333. The molecule has 0 saturated heterocycles. The molecule has 0 atom stereocenters. The first-order valence-electron chi connectivity index (χ1n) is 5.43. The van der Waals surface area contributed by atoms with Gasteiger partial charge in [-0.3, -0.25) is 0 Å². The second kappa shape index (κ2) is 4.98. The van der Waals surface area contributed by atoms with Crippen molar-refractivity contribution in [1.82, 2.24) is 10.1 Å². The monoisotopic (exact) mass is 295 g/mol. The molecule has 2 rings (SSSR count). The molecule has 2 N–H and O–H groups in total. The van der Waals surface area contributed by atoms with Crippen LogP contribution in [0.3, 0.4) is 0 Å². The minimum absolute atomic E-state index is 0.262. The van der Waals surface area contributed by atoms with E-state index in [0.717, 1.165) is 10.0 Å². The van der Waals surface area contributed by atoms with E-state index in [1.807, 2.05) is 6.07 Å². The zero-order chi connectivity index (χ0) is 12.4. The molecule has 0 aliphatic heterocycles. The second-order valence-corrected chi connectivity index (χ2v) is 5.06. The van der Waals surface area contributed by atoms with E-state index in [1.54, 1.807) is 0 Å². The van der Waals surface area contributed by atoms with Crippen molar-refractivity contribution in [3.8, 4) is 11.4 Å². The molecule has 1 aromatic heterocycles. The van der Waals surface area contributed by atoms with Crippen LogP contribution < -0.4 is 5.73 Å². The first kappa shape index (κ1) is 12.3. The van der Waals surface area contributed by atoms with Crippen molar-refractivity contribution in [3.05, 3.63) is 34.1 Å². The molecular weight excluding hydrogens is 282 g/mol. The lowest BCUT2D eigenvalue weighted by atomic mass is 10.0. The highest BCUT2D eigenvalue weighted by molar-refractivity contribution is 9.10. The molecule has 0 radical (unpaired) electrons. The zero-order valence-corrected chi connectivity index (χ0v) is 11.4. The maximum Gasteiger partial charge on any atom is 0.240 e. The van der Waals surface area contributed by atoms with Crippen molar-refractivity contribution < 1.29 is 4.52 Å². The van der Waals surface area contributed by atoms with Crippen LogP contribution in [0.4, 0.5) is 0 Å². The van der Waals surface area contributed by atoms with Crippen LogP contribution in [0.5, 0.6) is 0 Å². The van der Waals surface area contributed by atoms with E-state index in [2.05, 4.69) is 52.1 Å². The smallest absolute Gasteiger partial charge is 0.240 e. The highest BCUT2D eigenvalue weighted by Crippen LogP contribution is 2.26. The Morgan fingerprint density at radius 3 is 2.71 bits per heavy atom. The molecule has 5 heteroatoms. The van der Waals surface area contributed by atoms with Gasteiger partial charge in [-0.1, -0.05) is 34.9 Å². The van der Waals surface area contributed by atoms with Crippen molar-refractivity contribution in [3.63, 3.8) is 0 Å². The highest BCUT2D eigenvalue weighted by atomic mass is 79.9. The molecule has 0 fully saturated rings. The third kappa shape index (κ3) is 2.73. The summed E-state index contributed by atoms with van der Waals surface area (Å²) >= 11 is 3.49. The number of benzene rings is 1. The van der Waals surface area contributed by atoms with Gasteiger partial charge >= 0.3 is 0 Å². The summed E-state index contributed by atoms with van der Waals surface area (Å²) in [5, 5.41) is 3.91. The van der Waals surface area contributed by atoms with E-state index in [-0.39, 0.29) is 6.54 Å². The molecule has 1 aromatic carbocycles. The number of hydrogen-bond acceptors (Lipinski definition) is 4. The summed E-state index contributed by atoms with van der Waals surface area (Å²) in [7, 11) is 0. The molecule has 0 aliphatic carbocycles. The lowest BCUT2D eigenvalue weighted by Gasteiger charge is -2.07. The van der Waals surface area contributed by atoms with E-state index < -0.39 is 0 Å². The molecule has 0 unspecified atom stereocenters. The largest absolute Gasteiger partial charge is 0.338 e.